The Morgan fingerprint density at radius 3 is 2.77 bits per heavy atom. The van der Waals surface area contributed by atoms with Crippen LogP contribution in [0.2, 0.25) is 0 Å². The molecule has 0 fully saturated rings. The molecular weight excluding hydrogens is 499 g/mol. The van der Waals surface area contributed by atoms with Crippen molar-refractivity contribution >= 4 is 40.8 Å². The zero-order valence-corrected chi connectivity index (χ0v) is 20.3. The molecule has 0 aliphatic rings. The van der Waals surface area contributed by atoms with Crippen molar-refractivity contribution in [2.24, 2.45) is 4.99 Å². The molecular formula is C24H29IN6. The van der Waals surface area contributed by atoms with Gasteiger partial charge in [-0.1, -0.05) is 42.5 Å². The summed E-state index contributed by atoms with van der Waals surface area (Å²) in [6, 6.07) is 16.9. The van der Waals surface area contributed by atoms with Crippen molar-refractivity contribution < 1.29 is 0 Å². The van der Waals surface area contributed by atoms with Crippen molar-refractivity contribution in [3.05, 3.63) is 89.6 Å². The monoisotopic (exact) mass is 528 g/mol. The lowest BCUT2D eigenvalue weighted by molar-refractivity contribution is 0.687. The number of aliphatic imine (C=N–C) groups is 1. The first-order chi connectivity index (χ1) is 14.7. The molecule has 162 valence electrons. The highest BCUT2D eigenvalue weighted by atomic mass is 127. The fraction of sp³-hybridized carbons (Fsp3) is 0.250. The molecule has 7 heteroatoms. The number of nitrogens with zero attached hydrogens (tertiary/aromatic N) is 3. The van der Waals surface area contributed by atoms with Gasteiger partial charge in [-0.05, 0) is 36.1 Å². The summed E-state index contributed by atoms with van der Waals surface area (Å²) >= 11 is 0. The van der Waals surface area contributed by atoms with E-state index in [4.69, 9.17) is 0 Å². The van der Waals surface area contributed by atoms with Crippen LogP contribution in [0.15, 0.2) is 72.1 Å². The third-order valence-corrected chi connectivity index (χ3v) is 5.24. The molecule has 0 atom stereocenters. The molecule has 31 heavy (non-hydrogen) atoms. The molecule has 0 unspecified atom stereocenters. The zero-order chi connectivity index (χ0) is 20.8. The molecule has 6 nitrogen and oxygen atoms in total. The summed E-state index contributed by atoms with van der Waals surface area (Å²) < 4.78 is 2.16. The number of guanidine groups is 1. The van der Waals surface area contributed by atoms with Crippen molar-refractivity contribution in [2.75, 3.05) is 13.6 Å². The number of rotatable bonds is 7. The summed E-state index contributed by atoms with van der Waals surface area (Å²) in [5.41, 5.74) is 5.03. The van der Waals surface area contributed by atoms with E-state index >= 15 is 0 Å². The lowest BCUT2D eigenvalue weighted by atomic mass is 10.1. The van der Waals surface area contributed by atoms with Gasteiger partial charge in [0.25, 0.3) is 0 Å². The van der Waals surface area contributed by atoms with Crippen molar-refractivity contribution in [3.63, 3.8) is 0 Å². The first kappa shape index (κ1) is 22.9. The summed E-state index contributed by atoms with van der Waals surface area (Å²) in [7, 11) is 1.79. The maximum Gasteiger partial charge on any atom is 0.191 e. The molecule has 4 aromatic rings. The normalized spacial score (nSPS) is 11.4. The second kappa shape index (κ2) is 11.0. The predicted octanol–water partition coefficient (Wildman–Crippen LogP) is 4.25. The number of H-pyrrole nitrogens is 1. The SMILES string of the molecule is CN=C(NCCc1c[nH]c2cc(C)ccc12)NCc1nccn1Cc1ccccc1.I. The van der Waals surface area contributed by atoms with Crippen LogP contribution < -0.4 is 10.6 Å². The molecule has 3 N–H and O–H groups in total. The predicted molar refractivity (Wildman–Crippen MR) is 138 cm³/mol. The number of benzene rings is 2. The number of nitrogens with one attached hydrogen (secondary N) is 3. The van der Waals surface area contributed by atoms with Crippen LogP contribution in [-0.2, 0) is 19.5 Å². The van der Waals surface area contributed by atoms with Crippen molar-refractivity contribution in [1.29, 1.82) is 0 Å². The third kappa shape index (κ3) is 5.88. The Morgan fingerprint density at radius 2 is 1.97 bits per heavy atom. The van der Waals surface area contributed by atoms with Gasteiger partial charge in [-0.15, -0.1) is 24.0 Å². The molecule has 0 aliphatic heterocycles. The Kier molecular flexibility index (Phi) is 8.11. The van der Waals surface area contributed by atoms with Gasteiger partial charge >= 0.3 is 0 Å². The Bertz CT molecular complexity index is 1130. The van der Waals surface area contributed by atoms with Gasteiger partial charge in [0.1, 0.15) is 5.82 Å². The van der Waals surface area contributed by atoms with Crippen LogP contribution in [0.25, 0.3) is 10.9 Å². The maximum atomic E-state index is 4.49. The minimum absolute atomic E-state index is 0. The molecule has 0 saturated heterocycles. The third-order valence-electron chi connectivity index (χ3n) is 5.24. The first-order valence-corrected chi connectivity index (χ1v) is 10.3. The van der Waals surface area contributed by atoms with Crippen molar-refractivity contribution in [2.45, 2.75) is 26.4 Å². The van der Waals surface area contributed by atoms with Crippen LogP contribution in [-0.4, -0.2) is 34.1 Å². The van der Waals surface area contributed by atoms with Gasteiger partial charge in [-0.2, -0.15) is 0 Å². The number of hydrogen-bond donors (Lipinski definition) is 3. The van der Waals surface area contributed by atoms with Crippen LogP contribution in [0.3, 0.4) is 0 Å². The molecule has 0 aliphatic carbocycles. The van der Waals surface area contributed by atoms with Crippen LogP contribution in [0, 0.1) is 6.92 Å². The van der Waals surface area contributed by atoms with Gasteiger partial charge in [-0.3, -0.25) is 4.99 Å². The van der Waals surface area contributed by atoms with Gasteiger partial charge in [0.2, 0.25) is 0 Å². The minimum atomic E-state index is 0. The number of aromatic amines is 1. The maximum absolute atomic E-state index is 4.49. The van der Waals surface area contributed by atoms with Gasteiger partial charge in [-0.25, -0.2) is 4.98 Å². The number of halogens is 1. The molecule has 4 rings (SSSR count). The average molecular weight is 528 g/mol. The zero-order valence-electron chi connectivity index (χ0n) is 17.9. The summed E-state index contributed by atoms with van der Waals surface area (Å²) in [4.78, 5) is 12.2. The van der Waals surface area contributed by atoms with E-state index < -0.39 is 0 Å². The Balaban J connectivity index is 0.00000272. The molecule has 2 heterocycles. The molecule has 0 saturated carbocycles. The second-order valence-corrected chi connectivity index (χ2v) is 7.42. The van der Waals surface area contributed by atoms with E-state index in [9.17, 15) is 0 Å². The largest absolute Gasteiger partial charge is 0.361 e. The summed E-state index contributed by atoms with van der Waals surface area (Å²) in [6.07, 6.45) is 6.88. The van der Waals surface area contributed by atoms with Crippen LogP contribution in [0.5, 0.6) is 0 Å². The summed E-state index contributed by atoms with van der Waals surface area (Å²) in [5.74, 6) is 1.76. The molecule has 0 amide bonds. The van der Waals surface area contributed by atoms with Gasteiger partial charge in [0.15, 0.2) is 5.96 Å². The highest BCUT2D eigenvalue weighted by Gasteiger charge is 2.07. The molecule has 0 bridgehead atoms. The highest BCUT2D eigenvalue weighted by molar-refractivity contribution is 14.0. The average Bonchev–Trinajstić information content (AvgIpc) is 3.37. The lowest BCUT2D eigenvalue weighted by Gasteiger charge is -2.13. The van der Waals surface area contributed by atoms with Gasteiger partial charge in [0.05, 0.1) is 6.54 Å². The first-order valence-electron chi connectivity index (χ1n) is 10.3. The molecule has 2 aromatic carbocycles. The standard InChI is InChI=1S/C24H28N6.HI/c1-18-8-9-21-20(15-28-22(21)14-18)10-11-27-24(25-2)29-16-23-26-12-13-30(23)17-19-6-4-3-5-7-19;/h3-9,12-15,28H,10-11,16-17H2,1-2H3,(H2,25,27,29);1H. The van der Waals surface area contributed by atoms with Crippen LogP contribution >= 0.6 is 24.0 Å². The van der Waals surface area contributed by atoms with E-state index in [1.165, 1.54) is 27.6 Å². The smallest absolute Gasteiger partial charge is 0.191 e. The minimum Gasteiger partial charge on any atom is -0.361 e. The molecule has 0 radical (unpaired) electrons. The van der Waals surface area contributed by atoms with Crippen LogP contribution in [0.4, 0.5) is 0 Å². The Hall–Kier alpha value is -2.81. The van der Waals surface area contributed by atoms with E-state index in [0.29, 0.717) is 6.54 Å². The van der Waals surface area contributed by atoms with E-state index in [2.05, 4.69) is 85.7 Å². The van der Waals surface area contributed by atoms with E-state index in [1.54, 1.807) is 7.05 Å². The lowest BCUT2D eigenvalue weighted by Crippen LogP contribution is -2.38. The number of imidazole rings is 1. The quantitative estimate of drug-likeness (QED) is 0.191. The van der Waals surface area contributed by atoms with Crippen molar-refractivity contribution in [3.8, 4) is 0 Å². The fourth-order valence-electron chi connectivity index (χ4n) is 3.64. The topological polar surface area (TPSA) is 70.0 Å². The Labute approximate surface area is 200 Å². The summed E-state index contributed by atoms with van der Waals surface area (Å²) in [6.45, 7) is 4.34. The number of hydrogen-bond acceptors (Lipinski definition) is 2. The van der Waals surface area contributed by atoms with Crippen molar-refractivity contribution in [1.82, 2.24) is 25.2 Å². The molecule has 2 aromatic heterocycles. The van der Waals surface area contributed by atoms with Gasteiger partial charge < -0.3 is 20.2 Å². The second-order valence-electron chi connectivity index (χ2n) is 7.42. The summed E-state index contributed by atoms with van der Waals surface area (Å²) in [5, 5.41) is 8.06. The van der Waals surface area contributed by atoms with E-state index in [-0.39, 0.29) is 24.0 Å². The van der Waals surface area contributed by atoms with Gasteiger partial charge in [0, 0.05) is 49.6 Å². The fourth-order valence-corrected chi connectivity index (χ4v) is 3.64. The van der Waals surface area contributed by atoms with E-state index in [1.807, 2.05) is 18.5 Å². The highest BCUT2D eigenvalue weighted by Crippen LogP contribution is 2.19. The van der Waals surface area contributed by atoms with Crippen LogP contribution in [0.1, 0.15) is 22.5 Å². The number of aromatic nitrogens is 3. The number of aryl methyl sites for hydroxylation is 1. The number of fused-ring (bicyclic) bond motifs is 1. The van der Waals surface area contributed by atoms with E-state index in [0.717, 1.165) is 31.3 Å². The molecule has 0 spiro atoms. The Morgan fingerprint density at radius 1 is 1.13 bits per heavy atom.